The number of fused-ring (bicyclic) bond motifs is 2. The van der Waals surface area contributed by atoms with Gasteiger partial charge in [0.05, 0.1) is 23.7 Å². The quantitative estimate of drug-likeness (QED) is 0.275. The fourth-order valence-electron chi connectivity index (χ4n) is 2.37. The molecule has 1 aliphatic rings. The first-order valence-electron chi connectivity index (χ1n) is 7.93. The van der Waals surface area contributed by atoms with Crippen LogP contribution in [0.1, 0.15) is 12.5 Å². The van der Waals surface area contributed by atoms with Crippen molar-refractivity contribution in [3.05, 3.63) is 48.0 Å². The van der Waals surface area contributed by atoms with Crippen molar-refractivity contribution in [3.8, 4) is 0 Å². The van der Waals surface area contributed by atoms with Crippen LogP contribution in [-0.4, -0.2) is 31.1 Å². The van der Waals surface area contributed by atoms with Crippen LogP contribution in [0, 0.1) is 0 Å². The molecule has 1 heterocycles. The van der Waals surface area contributed by atoms with Gasteiger partial charge in [0, 0.05) is 23.4 Å². The highest BCUT2D eigenvalue weighted by Crippen LogP contribution is 2.44. The summed E-state index contributed by atoms with van der Waals surface area (Å²) in [5, 5.41) is 11.3. The molecule has 3 rings (SSSR count). The van der Waals surface area contributed by atoms with Gasteiger partial charge < -0.3 is 15.4 Å². The monoisotopic (exact) mass is 372 g/mol. The molecule has 2 aromatic carbocycles. The number of anilines is 2. The molecule has 5 nitrogen and oxygen atoms in total. The van der Waals surface area contributed by atoms with Crippen molar-refractivity contribution in [1.29, 1.82) is 0 Å². The maximum absolute atomic E-state index is 5.18. The smallest absolute Gasteiger partial charge is 0.187 e. The van der Waals surface area contributed by atoms with Gasteiger partial charge in [-0.25, -0.2) is 0 Å². The Morgan fingerprint density at radius 1 is 1.20 bits per heavy atom. The number of nitrogens with one attached hydrogen (secondary N) is 3. The maximum atomic E-state index is 5.18. The van der Waals surface area contributed by atoms with Crippen molar-refractivity contribution in [3.63, 3.8) is 0 Å². The van der Waals surface area contributed by atoms with Crippen LogP contribution >= 0.6 is 24.0 Å². The standard InChI is InChI=1S/C18H20N4OS2/c1-12(21-22-18(24)19-9-10-23-2)13-7-8-17-15(11-13)20-14-5-3-4-6-16(14)25-17/h3-8,11,20H,9-10H2,1-2H3,(H2,19,22,24)/b21-12-. The highest BCUT2D eigenvalue weighted by molar-refractivity contribution is 7.99. The lowest BCUT2D eigenvalue weighted by atomic mass is 10.1. The van der Waals surface area contributed by atoms with E-state index in [1.165, 1.54) is 9.79 Å². The number of thiocarbonyl (C=S) groups is 1. The van der Waals surface area contributed by atoms with Crippen LogP contribution in [-0.2, 0) is 4.74 Å². The predicted molar refractivity (Wildman–Crippen MR) is 108 cm³/mol. The Morgan fingerprint density at radius 3 is 2.84 bits per heavy atom. The normalized spacial score (nSPS) is 12.6. The fourth-order valence-corrected chi connectivity index (χ4v) is 3.49. The number of para-hydroxylation sites is 1. The van der Waals surface area contributed by atoms with Gasteiger partial charge in [-0.1, -0.05) is 30.0 Å². The summed E-state index contributed by atoms with van der Waals surface area (Å²) in [6.07, 6.45) is 0. The summed E-state index contributed by atoms with van der Waals surface area (Å²) in [6, 6.07) is 14.6. The summed E-state index contributed by atoms with van der Waals surface area (Å²) < 4.78 is 4.97. The lowest BCUT2D eigenvalue weighted by Crippen LogP contribution is -2.34. The van der Waals surface area contributed by atoms with E-state index in [-0.39, 0.29) is 0 Å². The van der Waals surface area contributed by atoms with Gasteiger partial charge in [-0.3, -0.25) is 5.43 Å². The van der Waals surface area contributed by atoms with E-state index in [4.69, 9.17) is 17.0 Å². The van der Waals surface area contributed by atoms with Gasteiger partial charge >= 0.3 is 0 Å². The fraction of sp³-hybridized carbons (Fsp3) is 0.222. The Morgan fingerprint density at radius 2 is 2.00 bits per heavy atom. The number of benzene rings is 2. The molecular formula is C18H20N4OS2. The predicted octanol–water partition coefficient (Wildman–Crippen LogP) is 3.73. The number of hydrogen-bond acceptors (Lipinski definition) is 5. The largest absolute Gasteiger partial charge is 0.383 e. The van der Waals surface area contributed by atoms with E-state index in [2.05, 4.69) is 57.6 Å². The zero-order valence-electron chi connectivity index (χ0n) is 14.1. The molecule has 0 aromatic heterocycles. The van der Waals surface area contributed by atoms with Gasteiger partial charge in [0.1, 0.15) is 0 Å². The molecule has 0 amide bonds. The molecule has 2 aromatic rings. The maximum Gasteiger partial charge on any atom is 0.187 e. The summed E-state index contributed by atoms with van der Waals surface area (Å²) in [7, 11) is 1.65. The lowest BCUT2D eigenvalue weighted by molar-refractivity contribution is 0.204. The highest BCUT2D eigenvalue weighted by Gasteiger charge is 2.15. The SMILES string of the molecule is COCCNC(=S)N/N=C(/C)c1ccc2c(c1)Nc1ccccc1S2. The molecule has 0 fully saturated rings. The second-order valence-corrected chi connectivity index (χ2v) is 6.98. The number of ether oxygens (including phenoxy) is 1. The summed E-state index contributed by atoms with van der Waals surface area (Å²) in [4.78, 5) is 2.45. The molecular weight excluding hydrogens is 352 g/mol. The molecule has 1 aliphatic heterocycles. The zero-order valence-corrected chi connectivity index (χ0v) is 15.8. The van der Waals surface area contributed by atoms with Crippen molar-refractivity contribution in [1.82, 2.24) is 10.7 Å². The number of nitrogens with zero attached hydrogens (tertiary/aromatic N) is 1. The third-order valence-electron chi connectivity index (χ3n) is 3.69. The van der Waals surface area contributed by atoms with Crippen molar-refractivity contribution in [2.24, 2.45) is 5.10 Å². The minimum Gasteiger partial charge on any atom is -0.383 e. The molecule has 25 heavy (non-hydrogen) atoms. The lowest BCUT2D eigenvalue weighted by Gasteiger charge is -2.21. The molecule has 0 spiro atoms. The number of hydrogen-bond donors (Lipinski definition) is 3. The highest BCUT2D eigenvalue weighted by atomic mass is 32.2. The average Bonchev–Trinajstić information content (AvgIpc) is 2.64. The Labute approximate surface area is 157 Å². The summed E-state index contributed by atoms with van der Waals surface area (Å²) in [5.74, 6) is 0. The van der Waals surface area contributed by atoms with Crippen molar-refractivity contribution >= 4 is 46.2 Å². The first-order valence-corrected chi connectivity index (χ1v) is 9.15. The Balaban J connectivity index is 1.68. The molecule has 0 radical (unpaired) electrons. The molecule has 130 valence electrons. The minimum atomic E-state index is 0.483. The van der Waals surface area contributed by atoms with Crippen LogP contribution in [0.3, 0.4) is 0 Å². The van der Waals surface area contributed by atoms with Crippen molar-refractivity contribution < 1.29 is 4.74 Å². The second kappa shape index (κ2) is 8.33. The first-order chi connectivity index (χ1) is 12.2. The minimum absolute atomic E-state index is 0.483. The van der Waals surface area contributed by atoms with E-state index in [1.54, 1.807) is 18.9 Å². The van der Waals surface area contributed by atoms with Gasteiger partial charge in [0.25, 0.3) is 0 Å². The van der Waals surface area contributed by atoms with Gasteiger partial charge in [0.2, 0.25) is 0 Å². The number of hydrazone groups is 1. The molecule has 0 saturated heterocycles. The van der Waals surface area contributed by atoms with Crippen LogP contribution in [0.5, 0.6) is 0 Å². The topological polar surface area (TPSA) is 57.7 Å². The zero-order chi connectivity index (χ0) is 17.6. The summed E-state index contributed by atoms with van der Waals surface area (Å²) in [6.45, 7) is 3.20. The van der Waals surface area contributed by atoms with E-state index < -0.39 is 0 Å². The van der Waals surface area contributed by atoms with Gasteiger partial charge in [-0.15, -0.1) is 0 Å². The van der Waals surface area contributed by atoms with Gasteiger partial charge in [0.15, 0.2) is 5.11 Å². The summed E-state index contributed by atoms with van der Waals surface area (Å²) >= 11 is 6.95. The molecule has 0 aliphatic carbocycles. The molecule has 3 N–H and O–H groups in total. The van der Waals surface area contributed by atoms with Crippen molar-refractivity contribution in [2.45, 2.75) is 16.7 Å². The van der Waals surface area contributed by atoms with E-state index in [0.717, 1.165) is 22.6 Å². The summed E-state index contributed by atoms with van der Waals surface area (Å²) in [5.41, 5.74) is 6.99. The van der Waals surface area contributed by atoms with E-state index in [9.17, 15) is 0 Å². The Hall–Kier alpha value is -2.09. The van der Waals surface area contributed by atoms with Gasteiger partial charge in [-0.2, -0.15) is 5.10 Å². The molecule has 0 unspecified atom stereocenters. The second-order valence-electron chi connectivity index (χ2n) is 5.49. The third-order valence-corrected chi connectivity index (χ3v) is 5.08. The number of rotatable bonds is 5. The first kappa shape index (κ1) is 17.7. The van der Waals surface area contributed by atoms with Crippen LogP contribution in [0.15, 0.2) is 57.4 Å². The molecule has 0 saturated carbocycles. The Bertz CT molecular complexity index is 807. The van der Waals surface area contributed by atoms with Gasteiger partial charge in [-0.05, 0) is 49.0 Å². The van der Waals surface area contributed by atoms with Crippen molar-refractivity contribution in [2.75, 3.05) is 25.6 Å². The van der Waals surface area contributed by atoms with Crippen LogP contribution in [0.25, 0.3) is 0 Å². The van der Waals surface area contributed by atoms with E-state index in [0.29, 0.717) is 18.3 Å². The number of methoxy groups -OCH3 is 1. The van der Waals surface area contributed by atoms with Crippen LogP contribution < -0.4 is 16.1 Å². The van der Waals surface area contributed by atoms with E-state index >= 15 is 0 Å². The van der Waals surface area contributed by atoms with Crippen LogP contribution in [0.4, 0.5) is 11.4 Å². The third kappa shape index (κ3) is 4.50. The molecule has 0 bridgehead atoms. The Kier molecular flexibility index (Phi) is 5.91. The van der Waals surface area contributed by atoms with Crippen LogP contribution in [0.2, 0.25) is 0 Å². The van der Waals surface area contributed by atoms with E-state index in [1.807, 2.05) is 13.0 Å². The molecule has 7 heteroatoms. The average molecular weight is 373 g/mol. The molecule has 0 atom stereocenters.